The second-order valence-electron chi connectivity index (χ2n) is 2.33. The Hall–Kier alpha value is -1.10. The van der Waals surface area contributed by atoms with E-state index >= 15 is 0 Å². The number of hydrogen-bond donors (Lipinski definition) is 2. The predicted molar refractivity (Wildman–Crippen MR) is 44.6 cm³/mol. The molecule has 0 aromatic rings. The molecule has 0 spiro atoms. The van der Waals surface area contributed by atoms with Gasteiger partial charge < -0.3 is 5.32 Å². The van der Waals surface area contributed by atoms with Crippen LogP contribution in [0.4, 0.5) is 0 Å². The Kier molecular flexibility index (Phi) is 5.03. The largest absolute Gasteiger partial charge is 0.337 e. The minimum Gasteiger partial charge on any atom is -0.337 e. The van der Waals surface area contributed by atoms with E-state index in [0.29, 0.717) is 12.8 Å². The van der Waals surface area contributed by atoms with Crippen molar-refractivity contribution < 1.29 is 9.59 Å². The molecule has 70 valence electrons. The number of carbonyl (C=O) groups is 2. The van der Waals surface area contributed by atoms with E-state index in [-0.39, 0.29) is 18.5 Å². The van der Waals surface area contributed by atoms with Crippen molar-refractivity contribution >= 4 is 11.8 Å². The van der Waals surface area contributed by atoms with Gasteiger partial charge in [-0.15, -0.1) is 0 Å². The first-order valence-corrected chi connectivity index (χ1v) is 3.93. The molecule has 0 aliphatic heterocycles. The maximum Gasteiger partial charge on any atom is 0.237 e. The summed E-state index contributed by atoms with van der Waals surface area (Å²) in [6.45, 7) is 3.53. The van der Waals surface area contributed by atoms with Crippen molar-refractivity contribution in [2.45, 2.75) is 26.7 Å². The number of rotatable bonds is 4. The third-order valence-electron chi connectivity index (χ3n) is 1.39. The second kappa shape index (κ2) is 5.54. The molecule has 0 atom stereocenters. The maximum absolute atomic E-state index is 10.9. The molecule has 0 saturated heterocycles. The van der Waals surface area contributed by atoms with Crippen LogP contribution in [0.15, 0.2) is 0 Å². The third-order valence-corrected chi connectivity index (χ3v) is 1.39. The molecule has 0 fully saturated rings. The molecule has 0 radical (unpaired) electrons. The van der Waals surface area contributed by atoms with Crippen molar-refractivity contribution in [1.82, 2.24) is 10.3 Å². The van der Waals surface area contributed by atoms with Gasteiger partial charge in [0, 0.05) is 12.8 Å². The van der Waals surface area contributed by atoms with Crippen LogP contribution in [0.2, 0.25) is 0 Å². The summed E-state index contributed by atoms with van der Waals surface area (Å²) in [5.74, 6) is 4.99. The number of hydrogen-bond acceptors (Lipinski definition) is 3. The smallest absolute Gasteiger partial charge is 0.237 e. The summed E-state index contributed by atoms with van der Waals surface area (Å²) in [7, 11) is 0. The van der Waals surface area contributed by atoms with Gasteiger partial charge in [-0.3, -0.25) is 14.6 Å². The third kappa shape index (κ3) is 3.92. The fourth-order valence-corrected chi connectivity index (χ4v) is 0.590. The number of amides is 2. The van der Waals surface area contributed by atoms with Gasteiger partial charge in [-0.25, -0.2) is 5.84 Å². The lowest BCUT2D eigenvalue weighted by Crippen LogP contribution is -2.45. The van der Waals surface area contributed by atoms with E-state index in [2.05, 4.69) is 5.32 Å². The lowest BCUT2D eigenvalue weighted by Gasteiger charge is -2.15. The number of nitrogens with two attached hydrogens (primary N) is 1. The molecule has 3 N–H and O–H groups in total. The summed E-state index contributed by atoms with van der Waals surface area (Å²) >= 11 is 0. The highest BCUT2D eigenvalue weighted by atomic mass is 16.2. The predicted octanol–water partition coefficient (Wildman–Crippen LogP) is -0.418. The highest BCUT2D eigenvalue weighted by molar-refractivity contribution is 5.77. The molecule has 0 aliphatic rings. The molecule has 0 aromatic carbocycles. The van der Waals surface area contributed by atoms with Gasteiger partial charge in [0.25, 0.3) is 0 Å². The molecule has 0 heterocycles. The Morgan fingerprint density at radius 2 is 1.92 bits per heavy atom. The monoisotopic (exact) mass is 173 g/mol. The zero-order valence-corrected chi connectivity index (χ0v) is 7.46. The molecular formula is C7H15N3O2. The summed E-state index contributed by atoms with van der Waals surface area (Å²) in [5, 5.41) is 3.48. The Labute approximate surface area is 71.9 Å². The van der Waals surface area contributed by atoms with Crippen molar-refractivity contribution in [2.24, 2.45) is 5.84 Å². The molecule has 0 aliphatic carbocycles. The molecule has 0 saturated carbocycles. The lowest BCUT2D eigenvalue weighted by molar-refractivity contribution is -0.132. The van der Waals surface area contributed by atoms with Crippen LogP contribution in [0, 0.1) is 0 Å². The van der Waals surface area contributed by atoms with Crippen LogP contribution < -0.4 is 11.2 Å². The van der Waals surface area contributed by atoms with Gasteiger partial charge in [0.05, 0.1) is 0 Å². The number of carbonyl (C=O) groups excluding carboxylic acids is 2. The maximum atomic E-state index is 10.9. The topological polar surface area (TPSA) is 75.4 Å². The van der Waals surface area contributed by atoms with Crippen LogP contribution in [0.1, 0.15) is 26.7 Å². The van der Waals surface area contributed by atoms with Crippen LogP contribution in [0.25, 0.3) is 0 Å². The Bertz CT molecular complexity index is 170. The average Bonchev–Trinajstić information content (AvgIpc) is 2.11. The van der Waals surface area contributed by atoms with Gasteiger partial charge in [0.2, 0.25) is 11.8 Å². The number of nitrogens with zero attached hydrogens (tertiary/aromatic N) is 1. The highest BCUT2D eigenvalue weighted by Gasteiger charge is 2.06. The summed E-state index contributed by atoms with van der Waals surface area (Å²) in [6, 6.07) is 0. The van der Waals surface area contributed by atoms with E-state index < -0.39 is 0 Å². The number of hydrazine groups is 1. The highest BCUT2D eigenvalue weighted by Crippen LogP contribution is 1.84. The molecule has 2 amide bonds. The van der Waals surface area contributed by atoms with Crippen LogP contribution in [0.3, 0.4) is 0 Å². The molecule has 5 nitrogen and oxygen atoms in total. The van der Waals surface area contributed by atoms with Crippen molar-refractivity contribution in [1.29, 1.82) is 0 Å². The van der Waals surface area contributed by atoms with Gasteiger partial charge in [-0.1, -0.05) is 13.8 Å². The molecular weight excluding hydrogens is 158 g/mol. The van der Waals surface area contributed by atoms with Gasteiger partial charge in [0.1, 0.15) is 6.67 Å². The summed E-state index contributed by atoms with van der Waals surface area (Å²) in [6.07, 6.45) is 0.743. The minimum absolute atomic E-state index is 0.0827. The van der Waals surface area contributed by atoms with E-state index in [1.165, 1.54) is 0 Å². The van der Waals surface area contributed by atoms with E-state index in [1.54, 1.807) is 13.8 Å². The van der Waals surface area contributed by atoms with Crippen molar-refractivity contribution in [2.75, 3.05) is 6.67 Å². The molecule has 0 unspecified atom stereocenters. The molecule has 0 bridgehead atoms. The normalized spacial score (nSPS) is 9.25. The van der Waals surface area contributed by atoms with E-state index in [0.717, 1.165) is 5.01 Å². The molecule has 0 aromatic heterocycles. The van der Waals surface area contributed by atoms with Crippen LogP contribution in [-0.4, -0.2) is 23.5 Å². The Balaban J connectivity index is 3.63. The van der Waals surface area contributed by atoms with Gasteiger partial charge >= 0.3 is 0 Å². The van der Waals surface area contributed by atoms with E-state index in [1.807, 2.05) is 0 Å². The fraction of sp³-hybridized carbons (Fsp3) is 0.714. The summed E-state index contributed by atoms with van der Waals surface area (Å²) in [5.41, 5.74) is 0. The van der Waals surface area contributed by atoms with Crippen molar-refractivity contribution in [3.63, 3.8) is 0 Å². The standard InChI is InChI=1S/C7H15N3O2/c1-3-6(11)9-5-10(8)7(12)4-2/h3-5,8H2,1-2H3,(H,9,11). The zero-order valence-electron chi connectivity index (χ0n) is 7.46. The van der Waals surface area contributed by atoms with Gasteiger partial charge in [-0.2, -0.15) is 0 Å². The van der Waals surface area contributed by atoms with Crippen LogP contribution in [-0.2, 0) is 9.59 Å². The first-order chi connectivity index (χ1) is 5.61. The van der Waals surface area contributed by atoms with Crippen molar-refractivity contribution in [3.8, 4) is 0 Å². The zero-order chi connectivity index (χ0) is 9.56. The quantitative estimate of drug-likeness (QED) is 0.262. The molecule has 0 rings (SSSR count). The van der Waals surface area contributed by atoms with Crippen LogP contribution in [0.5, 0.6) is 0 Å². The molecule has 12 heavy (non-hydrogen) atoms. The Morgan fingerprint density at radius 3 is 2.33 bits per heavy atom. The van der Waals surface area contributed by atoms with E-state index in [4.69, 9.17) is 5.84 Å². The fourth-order valence-electron chi connectivity index (χ4n) is 0.590. The van der Waals surface area contributed by atoms with Crippen molar-refractivity contribution in [3.05, 3.63) is 0 Å². The minimum atomic E-state index is -0.189. The first kappa shape index (κ1) is 10.9. The van der Waals surface area contributed by atoms with E-state index in [9.17, 15) is 9.59 Å². The Morgan fingerprint density at radius 1 is 1.33 bits per heavy atom. The van der Waals surface area contributed by atoms with Gasteiger partial charge in [0.15, 0.2) is 0 Å². The molecule has 5 heteroatoms. The van der Waals surface area contributed by atoms with Gasteiger partial charge in [-0.05, 0) is 0 Å². The number of nitrogens with one attached hydrogen (secondary N) is 1. The SMILES string of the molecule is CCC(=O)NCN(N)C(=O)CC. The first-order valence-electron chi connectivity index (χ1n) is 3.93. The summed E-state index contributed by atoms with van der Waals surface area (Å²) < 4.78 is 0. The van der Waals surface area contributed by atoms with Crippen LogP contribution >= 0.6 is 0 Å². The average molecular weight is 173 g/mol. The lowest BCUT2D eigenvalue weighted by atomic mass is 10.4. The second-order valence-corrected chi connectivity index (χ2v) is 2.33. The summed E-state index contributed by atoms with van der Waals surface area (Å²) in [4.78, 5) is 21.6.